The fourth-order valence-electron chi connectivity index (χ4n) is 4.46. The number of carbonyl (C=O) groups excluding carboxylic acids is 1. The molecule has 170 valence electrons. The Morgan fingerprint density at radius 2 is 2.06 bits per heavy atom. The van der Waals surface area contributed by atoms with Crippen molar-refractivity contribution in [3.63, 3.8) is 0 Å². The molecule has 1 saturated heterocycles. The minimum absolute atomic E-state index is 0.0847. The number of aromatic nitrogens is 3. The second-order valence-corrected chi connectivity index (χ2v) is 9.25. The molecule has 33 heavy (non-hydrogen) atoms. The first-order valence-corrected chi connectivity index (χ1v) is 12.1. The van der Waals surface area contributed by atoms with Gasteiger partial charge in [-0.15, -0.1) is 11.8 Å². The molecule has 2 aromatic carbocycles. The van der Waals surface area contributed by atoms with E-state index in [9.17, 15) is 4.79 Å². The number of likely N-dealkylation sites (tertiary alicyclic amines) is 1. The van der Waals surface area contributed by atoms with Gasteiger partial charge in [0.1, 0.15) is 5.75 Å². The molecular formula is C25H26N4O3S. The zero-order chi connectivity index (χ0) is 22.8. The molecule has 0 atom stereocenters. The van der Waals surface area contributed by atoms with Crippen molar-refractivity contribution in [1.29, 1.82) is 0 Å². The van der Waals surface area contributed by atoms with Gasteiger partial charge in [0.2, 0.25) is 5.89 Å². The molecule has 0 spiro atoms. The molecule has 4 aromatic rings. The van der Waals surface area contributed by atoms with Gasteiger partial charge < -0.3 is 19.1 Å². The van der Waals surface area contributed by atoms with E-state index in [1.165, 1.54) is 10.9 Å². The molecule has 0 saturated carbocycles. The van der Waals surface area contributed by atoms with Gasteiger partial charge in [-0.25, -0.2) is 0 Å². The third-order valence-electron chi connectivity index (χ3n) is 6.19. The number of thioether (sulfide) groups is 1. The van der Waals surface area contributed by atoms with Crippen molar-refractivity contribution in [2.24, 2.45) is 0 Å². The summed E-state index contributed by atoms with van der Waals surface area (Å²) < 4.78 is 10.5. The minimum Gasteiger partial charge on any atom is -0.497 e. The largest absolute Gasteiger partial charge is 0.497 e. The van der Waals surface area contributed by atoms with E-state index in [4.69, 9.17) is 9.26 Å². The number of amides is 1. The number of hydrogen-bond acceptors (Lipinski definition) is 6. The summed E-state index contributed by atoms with van der Waals surface area (Å²) in [5.41, 5.74) is 3.16. The molecule has 1 aliphatic heterocycles. The van der Waals surface area contributed by atoms with Gasteiger partial charge in [-0.1, -0.05) is 17.3 Å². The summed E-state index contributed by atoms with van der Waals surface area (Å²) in [6.45, 7) is 3.25. The lowest BCUT2D eigenvalue weighted by Gasteiger charge is -2.32. The number of fused-ring (bicyclic) bond motifs is 1. The van der Waals surface area contributed by atoms with Crippen molar-refractivity contribution in [2.45, 2.75) is 36.3 Å². The average Bonchev–Trinajstić information content (AvgIpc) is 3.48. The molecule has 0 bridgehead atoms. The smallest absolute Gasteiger partial charge is 0.254 e. The highest BCUT2D eigenvalue weighted by atomic mass is 32.2. The van der Waals surface area contributed by atoms with E-state index in [-0.39, 0.29) is 5.91 Å². The van der Waals surface area contributed by atoms with Gasteiger partial charge in [-0.3, -0.25) is 4.79 Å². The molecule has 5 rings (SSSR count). The number of H-pyrrole nitrogens is 1. The molecule has 0 radical (unpaired) electrons. The van der Waals surface area contributed by atoms with Crippen molar-refractivity contribution in [3.8, 4) is 5.75 Å². The van der Waals surface area contributed by atoms with Gasteiger partial charge in [0.15, 0.2) is 5.82 Å². The molecule has 7 nitrogen and oxygen atoms in total. The number of carbonyl (C=O) groups is 1. The molecule has 3 heterocycles. The lowest BCUT2D eigenvalue weighted by molar-refractivity contribution is 0.0710. The standard InChI is InChI=1S/C25H26N4O3S/c1-16-27-24(28-32-16)15-33-23-6-4-3-5-19(23)25(30)29-11-9-17(10-12-29)21-14-26-22-8-7-18(31-2)13-20(21)22/h3-8,13-14,17,26H,9-12,15H2,1-2H3. The van der Waals surface area contributed by atoms with Crippen LogP contribution in [0.4, 0.5) is 0 Å². The number of benzene rings is 2. The number of piperidine rings is 1. The molecule has 1 fully saturated rings. The van der Waals surface area contributed by atoms with Crippen LogP contribution in [0.15, 0.2) is 58.1 Å². The van der Waals surface area contributed by atoms with Crippen LogP contribution in [-0.4, -0.2) is 46.1 Å². The second kappa shape index (κ2) is 9.31. The predicted molar refractivity (Wildman–Crippen MR) is 128 cm³/mol. The van der Waals surface area contributed by atoms with Crippen LogP contribution in [0.1, 0.15) is 46.4 Å². The van der Waals surface area contributed by atoms with E-state index >= 15 is 0 Å². The third-order valence-corrected chi connectivity index (χ3v) is 7.26. The maximum Gasteiger partial charge on any atom is 0.254 e. The number of aryl methyl sites for hydroxylation is 1. The Morgan fingerprint density at radius 1 is 1.24 bits per heavy atom. The van der Waals surface area contributed by atoms with Gasteiger partial charge in [-0.2, -0.15) is 4.98 Å². The molecule has 0 aliphatic carbocycles. The second-order valence-electron chi connectivity index (χ2n) is 8.24. The van der Waals surface area contributed by atoms with Crippen molar-refractivity contribution in [3.05, 3.63) is 71.5 Å². The fourth-order valence-corrected chi connectivity index (χ4v) is 5.35. The molecule has 2 aromatic heterocycles. The molecule has 0 unspecified atom stereocenters. The number of rotatable bonds is 6. The highest BCUT2D eigenvalue weighted by Crippen LogP contribution is 2.35. The van der Waals surface area contributed by atoms with Crippen LogP contribution >= 0.6 is 11.8 Å². The van der Waals surface area contributed by atoms with Crippen LogP contribution in [0.3, 0.4) is 0 Å². The van der Waals surface area contributed by atoms with Crippen molar-refractivity contribution < 1.29 is 14.1 Å². The molecular weight excluding hydrogens is 436 g/mol. The third kappa shape index (κ3) is 4.48. The van der Waals surface area contributed by atoms with E-state index < -0.39 is 0 Å². The van der Waals surface area contributed by atoms with E-state index in [0.29, 0.717) is 23.4 Å². The van der Waals surface area contributed by atoms with Gasteiger partial charge in [0, 0.05) is 42.0 Å². The summed E-state index contributed by atoms with van der Waals surface area (Å²) in [6, 6.07) is 13.9. The van der Waals surface area contributed by atoms with Crippen LogP contribution in [0, 0.1) is 6.92 Å². The predicted octanol–water partition coefficient (Wildman–Crippen LogP) is 5.18. The molecule has 1 aliphatic rings. The molecule has 1 N–H and O–H groups in total. The average molecular weight is 463 g/mol. The number of ether oxygens (including phenoxy) is 1. The van der Waals surface area contributed by atoms with E-state index in [1.807, 2.05) is 35.2 Å². The first kappa shape index (κ1) is 21.6. The number of aromatic amines is 1. The Labute approximate surface area is 196 Å². The highest BCUT2D eigenvalue weighted by Gasteiger charge is 2.27. The summed E-state index contributed by atoms with van der Waals surface area (Å²) in [5, 5.41) is 5.15. The Balaban J connectivity index is 1.27. The van der Waals surface area contributed by atoms with Crippen LogP contribution < -0.4 is 4.74 Å². The first-order valence-electron chi connectivity index (χ1n) is 11.1. The Morgan fingerprint density at radius 3 is 2.82 bits per heavy atom. The number of methoxy groups -OCH3 is 1. The van der Waals surface area contributed by atoms with Crippen molar-refractivity contribution >= 4 is 28.6 Å². The number of nitrogens with one attached hydrogen (secondary N) is 1. The Hall–Kier alpha value is -3.26. The highest BCUT2D eigenvalue weighted by molar-refractivity contribution is 7.98. The first-order chi connectivity index (χ1) is 16.1. The maximum absolute atomic E-state index is 13.4. The summed E-state index contributed by atoms with van der Waals surface area (Å²) >= 11 is 1.56. The Kier molecular flexibility index (Phi) is 6.09. The summed E-state index contributed by atoms with van der Waals surface area (Å²) in [7, 11) is 1.69. The minimum atomic E-state index is 0.0847. The zero-order valence-corrected chi connectivity index (χ0v) is 19.5. The van der Waals surface area contributed by atoms with Crippen LogP contribution in [0.25, 0.3) is 10.9 Å². The monoisotopic (exact) mass is 462 g/mol. The zero-order valence-electron chi connectivity index (χ0n) is 18.7. The SMILES string of the molecule is COc1ccc2[nH]cc(C3CCN(C(=O)c4ccccc4SCc4noc(C)n4)CC3)c2c1. The van der Waals surface area contributed by atoms with Crippen LogP contribution in [0.2, 0.25) is 0 Å². The number of nitrogens with zero attached hydrogens (tertiary/aromatic N) is 3. The van der Waals surface area contributed by atoms with Crippen LogP contribution in [-0.2, 0) is 5.75 Å². The van der Waals surface area contributed by atoms with Gasteiger partial charge in [0.25, 0.3) is 5.91 Å². The van der Waals surface area contributed by atoms with Gasteiger partial charge >= 0.3 is 0 Å². The van der Waals surface area contributed by atoms with Crippen LogP contribution in [0.5, 0.6) is 5.75 Å². The fraction of sp³-hybridized carbons (Fsp3) is 0.320. The summed E-state index contributed by atoms with van der Waals surface area (Å²) in [5.74, 6) is 3.11. The van der Waals surface area contributed by atoms with Gasteiger partial charge in [0.05, 0.1) is 18.4 Å². The quantitative estimate of drug-likeness (QED) is 0.398. The van der Waals surface area contributed by atoms with E-state index in [0.717, 1.165) is 47.7 Å². The summed E-state index contributed by atoms with van der Waals surface area (Å²) in [6.07, 6.45) is 3.98. The lowest BCUT2D eigenvalue weighted by Crippen LogP contribution is -2.38. The maximum atomic E-state index is 13.4. The van der Waals surface area contributed by atoms with Crippen molar-refractivity contribution in [2.75, 3.05) is 20.2 Å². The topological polar surface area (TPSA) is 84.2 Å². The van der Waals surface area contributed by atoms with Crippen molar-refractivity contribution in [1.82, 2.24) is 20.0 Å². The van der Waals surface area contributed by atoms with E-state index in [2.05, 4.69) is 33.5 Å². The summed E-state index contributed by atoms with van der Waals surface area (Å²) in [4.78, 5) is 23.9. The molecule has 8 heteroatoms. The Bertz CT molecular complexity index is 1270. The molecule has 1 amide bonds. The lowest BCUT2D eigenvalue weighted by atomic mass is 9.89. The van der Waals surface area contributed by atoms with Gasteiger partial charge in [-0.05, 0) is 54.7 Å². The normalized spacial score (nSPS) is 14.7. The number of hydrogen-bond donors (Lipinski definition) is 1. The van der Waals surface area contributed by atoms with E-state index in [1.54, 1.807) is 25.8 Å².